The molecule has 4 nitrogen and oxygen atoms in total. The zero-order chi connectivity index (χ0) is 12.3. The number of rotatable bonds is 3. The second-order valence-electron chi connectivity index (χ2n) is 3.44. The number of hydrogen-bond donors (Lipinski definition) is 1. The molecule has 6 heteroatoms. The lowest BCUT2D eigenvalue weighted by Crippen LogP contribution is -2.18. The average Bonchev–Trinajstić information content (AvgIpc) is 2.76. The molecule has 1 atom stereocenters. The first-order chi connectivity index (χ1) is 8.16. The second kappa shape index (κ2) is 5.25. The number of carbonyl (C=O) groups is 1. The molecule has 0 bridgehead atoms. The molecule has 1 unspecified atom stereocenters. The summed E-state index contributed by atoms with van der Waals surface area (Å²) in [7, 11) is 0. The molecule has 0 fully saturated rings. The van der Waals surface area contributed by atoms with E-state index in [-0.39, 0.29) is 11.8 Å². The highest BCUT2D eigenvalue weighted by Gasteiger charge is 2.17. The molecular formula is C11H10ClN3OS. The summed E-state index contributed by atoms with van der Waals surface area (Å²) in [5.74, 6) is 0.0746. The normalized spacial score (nSPS) is 12.1. The highest BCUT2D eigenvalue weighted by molar-refractivity contribution is 7.16. The number of aromatic nitrogens is 2. The number of carbonyl (C=O) groups excluding carboxylic acids is 1. The summed E-state index contributed by atoms with van der Waals surface area (Å²) in [5.41, 5.74) is 0. The first-order valence-corrected chi connectivity index (χ1v) is 6.18. The molecule has 2 aromatic heterocycles. The lowest BCUT2D eigenvalue weighted by atomic mass is 10.1. The van der Waals surface area contributed by atoms with Crippen molar-refractivity contribution in [1.29, 1.82) is 0 Å². The first-order valence-electron chi connectivity index (χ1n) is 4.99. The van der Waals surface area contributed by atoms with Gasteiger partial charge in [-0.1, -0.05) is 11.6 Å². The molecule has 0 radical (unpaired) electrons. The Bertz CT molecular complexity index is 514. The smallest absolute Gasteiger partial charge is 0.233 e. The number of amides is 1. The molecule has 0 saturated heterocycles. The van der Waals surface area contributed by atoms with E-state index in [0.717, 1.165) is 4.88 Å². The van der Waals surface area contributed by atoms with Crippen LogP contribution in [0.2, 0.25) is 4.34 Å². The van der Waals surface area contributed by atoms with Crippen LogP contribution in [0.4, 0.5) is 5.82 Å². The van der Waals surface area contributed by atoms with Crippen LogP contribution in [0.15, 0.2) is 30.7 Å². The van der Waals surface area contributed by atoms with E-state index in [1.165, 1.54) is 23.7 Å². The molecule has 88 valence electrons. The zero-order valence-corrected chi connectivity index (χ0v) is 10.6. The Labute approximate surface area is 108 Å². The molecule has 0 aromatic carbocycles. The number of thiophene rings is 1. The second-order valence-corrected chi connectivity index (χ2v) is 5.19. The van der Waals surface area contributed by atoms with E-state index < -0.39 is 0 Å². The third-order valence-corrected chi connectivity index (χ3v) is 3.64. The SMILES string of the molecule is CC(C(=O)Nc1cnccn1)c1ccc(Cl)s1. The minimum atomic E-state index is -0.255. The van der Waals surface area contributed by atoms with Gasteiger partial charge in [0.15, 0.2) is 5.82 Å². The highest BCUT2D eigenvalue weighted by atomic mass is 35.5. The fraction of sp³-hybridized carbons (Fsp3) is 0.182. The lowest BCUT2D eigenvalue weighted by Gasteiger charge is -2.09. The van der Waals surface area contributed by atoms with Crippen molar-refractivity contribution >= 4 is 34.7 Å². The van der Waals surface area contributed by atoms with Crippen LogP contribution in [0.3, 0.4) is 0 Å². The Morgan fingerprint density at radius 2 is 2.29 bits per heavy atom. The Balaban J connectivity index is 2.06. The van der Waals surface area contributed by atoms with E-state index in [4.69, 9.17) is 11.6 Å². The van der Waals surface area contributed by atoms with Gasteiger partial charge >= 0.3 is 0 Å². The van der Waals surface area contributed by atoms with Gasteiger partial charge in [-0.25, -0.2) is 4.98 Å². The van der Waals surface area contributed by atoms with Gasteiger partial charge in [-0.2, -0.15) is 0 Å². The van der Waals surface area contributed by atoms with Gasteiger partial charge in [0.2, 0.25) is 5.91 Å². The standard InChI is InChI=1S/C11H10ClN3OS/c1-7(8-2-3-9(12)17-8)11(16)15-10-6-13-4-5-14-10/h2-7H,1H3,(H,14,15,16). The number of nitrogens with one attached hydrogen (secondary N) is 1. The molecule has 0 aliphatic carbocycles. The predicted octanol–water partition coefficient (Wildman–Crippen LogP) is 2.93. The largest absolute Gasteiger partial charge is 0.309 e. The molecule has 1 N–H and O–H groups in total. The number of halogens is 1. The van der Waals surface area contributed by atoms with E-state index in [2.05, 4.69) is 15.3 Å². The van der Waals surface area contributed by atoms with Crippen molar-refractivity contribution in [3.05, 3.63) is 39.9 Å². The summed E-state index contributed by atoms with van der Waals surface area (Å²) in [6, 6.07) is 3.64. The molecule has 17 heavy (non-hydrogen) atoms. The Hall–Kier alpha value is -1.46. The van der Waals surface area contributed by atoms with E-state index in [9.17, 15) is 4.79 Å². The van der Waals surface area contributed by atoms with E-state index in [0.29, 0.717) is 10.2 Å². The van der Waals surface area contributed by atoms with Crippen molar-refractivity contribution in [3.8, 4) is 0 Å². The summed E-state index contributed by atoms with van der Waals surface area (Å²) >= 11 is 7.24. The minimum Gasteiger partial charge on any atom is -0.309 e. The number of hydrogen-bond acceptors (Lipinski definition) is 4. The van der Waals surface area contributed by atoms with E-state index in [1.54, 1.807) is 12.3 Å². The van der Waals surface area contributed by atoms with Crippen LogP contribution in [0, 0.1) is 0 Å². The van der Waals surface area contributed by atoms with Gasteiger partial charge in [-0.3, -0.25) is 9.78 Å². The van der Waals surface area contributed by atoms with Crippen molar-refractivity contribution in [2.75, 3.05) is 5.32 Å². The van der Waals surface area contributed by atoms with Crippen LogP contribution in [0.25, 0.3) is 0 Å². The topological polar surface area (TPSA) is 54.9 Å². The van der Waals surface area contributed by atoms with Gasteiger partial charge < -0.3 is 5.32 Å². The Morgan fingerprint density at radius 3 is 2.88 bits per heavy atom. The van der Waals surface area contributed by atoms with Gasteiger partial charge in [-0.15, -0.1) is 11.3 Å². The van der Waals surface area contributed by atoms with Crippen molar-refractivity contribution in [1.82, 2.24) is 9.97 Å². The molecule has 0 saturated carbocycles. The molecule has 0 aliphatic rings. The van der Waals surface area contributed by atoms with Gasteiger partial charge in [0.1, 0.15) is 0 Å². The van der Waals surface area contributed by atoms with Crippen LogP contribution in [0.5, 0.6) is 0 Å². The average molecular weight is 268 g/mol. The zero-order valence-electron chi connectivity index (χ0n) is 9.05. The van der Waals surface area contributed by atoms with Gasteiger partial charge in [-0.05, 0) is 19.1 Å². The van der Waals surface area contributed by atoms with Crippen LogP contribution >= 0.6 is 22.9 Å². The quantitative estimate of drug-likeness (QED) is 0.930. The monoisotopic (exact) mass is 267 g/mol. The van der Waals surface area contributed by atoms with Crippen molar-refractivity contribution in [2.24, 2.45) is 0 Å². The van der Waals surface area contributed by atoms with Gasteiger partial charge in [0.25, 0.3) is 0 Å². The molecule has 2 rings (SSSR count). The van der Waals surface area contributed by atoms with Crippen LogP contribution in [0.1, 0.15) is 17.7 Å². The maximum absolute atomic E-state index is 11.9. The van der Waals surface area contributed by atoms with Crippen LogP contribution < -0.4 is 5.32 Å². The lowest BCUT2D eigenvalue weighted by molar-refractivity contribution is -0.117. The molecular weight excluding hydrogens is 258 g/mol. The first kappa shape index (κ1) is 12.0. The molecule has 2 heterocycles. The van der Waals surface area contributed by atoms with Crippen LogP contribution in [-0.2, 0) is 4.79 Å². The summed E-state index contributed by atoms with van der Waals surface area (Å²) in [4.78, 5) is 20.7. The molecule has 0 aliphatic heterocycles. The fourth-order valence-corrected chi connectivity index (χ4v) is 2.40. The van der Waals surface area contributed by atoms with E-state index in [1.807, 2.05) is 13.0 Å². The minimum absolute atomic E-state index is 0.121. The molecule has 1 amide bonds. The van der Waals surface area contributed by atoms with Crippen molar-refractivity contribution in [2.45, 2.75) is 12.8 Å². The fourth-order valence-electron chi connectivity index (χ4n) is 1.29. The third kappa shape index (κ3) is 3.01. The van der Waals surface area contributed by atoms with Gasteiger partial charge in [0, 0.05) is 17.3 Å². The Morgan fingerprint density at radius 1 is 1.47 bits per heavy atom. The van der Waals surface area contributed by atoms with Crippen molar-refractivity contribution < 1.29 is 4.79 Å². The number of anilines is 1. The maximum Gasteiger partial charge on any atom is 0.233 e. The van der Waals surface area contributed by atoms with Gasteiger partial charge in [0.05, 0.1) is 16.5 Å². The summed E-state index contributed by atoms with van der Waals surface area (Å²) in [6.07, 6.45) is 4.59. The highest BCUT2D eigenvalue weighted by Crippen LogP contribution is 2.28. The molecule has 0 spiro atoms. The Kier molecular flexibility index (Phi) is 3.71. The summed E-state index contributed by atoms with van der Waals surface area (Å²) < 4.78 is 0.680. The predicted molar refractivity (Wildman–Crippen MR) is 68.4 cm³/mol. The van der Waals surface area contributed by atoms with Crippen molar-refractivity contribution in [3.63, 3.8) is 0 Å². The van der Waals surface area contributed by atoms with Crippen LogP contribution in [-0.4, -0.2) is 15.9 Å². The maximum atomic E-state index is 11.9. The molecule has 2 aromatic rings. The summed E-state index contributed by atoms with van der Waals surface area (Å²) in [5, 5.41) is 2.70. The third-order valence-electron chi connectivity index (χ3n) is 2.23. The number of nitrogens with zero attached hydrogens (tertiary/aromatic N) is 2. The van der Waals surface area contributed by atoms with E-state index >= 15 is 0 Å². The summed E-state index contributed by atoms with van der Waals surface area (Å²) in [6.45, 7) is 1.83.